The predicted octanol–water partition coefficient (Wildman–Crippen LogP) is 2.27. The molecule has 3 aromatic rings. The van der Waals surface area contributed by atoms with E-state index < -0.39 is 0 Å². The van der Waals surface area contributed by atoms with Crippen LogP contribution in [0.15, 0.2) is 48.5 Å². The van der Waals surface area contributed by atoms with Crippen LogP contribution in [0, 0.1) is 11.5 Å². The van der Waals surface area contributed by atoms with Crippen LogP contribution in [-0.2, 0) is 6.61 Å². The Labute approximate surface area is 138 Å². The highest BCUT2D eigenvalue weighted by molar-refractivity contribution is 5.97. The van der Waals surface area contributed by atoms with Gasteiger partial charge in [0.2, 0.25) is 0 Å². The highest BCUT2D eigenvalue weighted by Gasteiger charge is 2.08. The molecule has 0 spiro atoms. The monoisotopic (exact) mass is 320 g/mol. The smallest absolute Gasteiger partial charge is 0.190 e. The van der Waals surface area contributed by atoms with E-state index in [4.69, 9.17) is 21.5 Å². The van der Waals surface area contributed by atoms with E-state index in [0.29, 0.717) is 23.7 Å². The lowest BCUT2D eigenvalue weighted by molar-refractivity contribution is 0.100. The van der Waals surface area contributed by atoms with Crippen LogP contribution < -0.4 is 16.2 Å². The Kier molecular flexibility index (Phi) is 4.18. The third-order valence-electron chi connectivity index (χ3n) is 3.74. The van der Waals surface area contributed by atoms with Crippen molar-refractivity contribution in [3.8, 4) is 11.9 Å². The Balaban J connectivity index is 1.79. The molecule has 120 valence electrons. The van der Waals surface area contributed by atoms with E-state index in [9.17, 15) is 4.79 Å². The molecule has 3 rings (SSSR count). The number of benzene rings is 2. The van der Waals surface area contributed by atoms with Crippen LogP contribution in [0.2, 0.25) is 0 Å². The Morgan fingerprint density at radius 1 is 1.21 bits per heavy atom. The maximum Gasteiger partial charge on any atom is 0.190 e. The molecule has 0 unspecified atom stereocenters. The summed E-state index contributed by atoms with van der Waals surface area (Å²) < 4.78 is 7.14. The van der Waals surface area contributed by atoms with Gasteiger partial charge in [0, 0.05) is 10.9 Å². The zero-order chi connectivity index (χ0) is 17.1. The molecule has 0 atom stereocenters. The van der Waals surface area contributed by atoms with Crippen molar-refractivity contribution in [2.45, 2.75) is 6.61 Å². The number of nitriles is 1. The van der Waals surface area contributed by atoms with Gasteiger partial charge in [-0.25, -0.2) is 4.57 Å². The lowest BCUT2D eigenvalue weighted by Gasteiger charge is -2.08. The number of Topliss-reactive ketones (excluding diaryl/α,β-unsaturated/α-hetero) is 1. The van der Waals surface area contributed by atoms with E-state index in [2.05, 4.69) is 0 Å². The lowest BCUT2D eigenvalue weighted by atomic mass is 10.1. The van der Waals surface area contributed by atoms with Crippen LogP contribution >= 0.6 is 0 Å². The first-order valence-corrected chi connectivity index (χ1v) is 7.38. The van der Waals surface area contributed by atoms with E-state index in [0.717, 1.165) is 16.5 Å². The van der Waals surface area contributed by atoms with Crippen molar-refractivity contribution in [1.29, 1.82) is 5.26 Å². The summed E-state index contributed by atoms with van der Waals surface area (Å²) in [5, 5.41) is 9.92. The number of nitrogens with zero attached hydrogens (tertiary/aromatic N) is 2. The molecule has 1 aromatic heterocycles. The van der Waals surface area contributed by atoms with Crippen molar-refractivity contribution >= 4 is 22.5 Å². The second-order valence-electron chi connectivity index (χ2n) is 5.34. The molecule has 6 nitrogen and oxygen atoms in total. The van der Waals surface area contributed by atoms with Crippen LogP contribution in [0.1, 0.15) is 15.9 Å². The van der Waals surface area contributed by atoms with Crippen molar-refractivity contribution in [3.63, 3.8) is 0 Å². The standard InChI is InChI=1S/C18H16N4O2/c19-9-17(23)13-3-1-2-12(6-13)10-24-15-4-5-16-14(7-15)8-18(21)22(16)11-20/h1-8H,9-10,19,21H2. The van der Waals surface area contributed by atoms with Gasteiger partial charge in [0.05, 0.1) is 12.1 Å². The highest BCUT2D eigenvalue weighted by Crippen LogP contribution is 2.25. The molecule has 0 bridgehead atoms. The summed E-state index contributed by atoms with van der Waals surface area (Å²) in [6.07, 6.45) is 2.03. The van der Waals surface area contributed by atoms with E-state index in [1.807, 2.05) is 18.3 Å². The third-order valence-corrected chi connectivity index (χ3v) is 3.74. The van der Waals surface area contributed by atoms with E-state index in [1.54, 1.807) is 36.4 Å². The van der Waals surface area contributed by atoms with Gasteiger partial charge in [0.15, 0.2) is 12.0 Å². The van der Waals surface area contributed by atoms with Crippen molar-refractivity contribution in [2.24, 2.45) is 5.73 Å². The van der Waals surface area contributed by atoms with Gasteiger partial charge < -0.3 is 16.2 Å². The maximum atomic E-state index is 11.6. The number of carbonyl (C=O) groups is 1. The normalized spacial score (nSPS) is 10.5. The van der Waals surface area contributed by atoms with E-state index in [-0.39, 0.29) is 12.3 Å². The fraction of sp³-hybridized carbons (Fsp3) is 0.111. The Hall–Kier alpha value is -3.30. The molecular formula is C18H16N4O2. The maximum absolute atomic E-state index is 11.6. The molecule has 0 aliphatic rings. The summed E-state index contributed by atoms with van der Waals surface area (Å²) in [7, 11) is 0. The molecule has 24 heavy (non-hydrogen) atoms. The van der Waals surface area contributed by atoms with Gasteiger partial charge in [-0.3, -0.25) is 4.79 Å². The molecule has 0 radical (unpaired) electrons. The first-order chi connectivity index (χ1) is 11.6. The van der Waals surface area contributed by atoms with Gasteiger partial charge in [-0.05, 0) is 35.9 Å². The molecule has 0 aliphatic carbocycles. The Morgan fingerprint density at radius 3 is 2.79 bits per heavy atom. The summed E-state index contributed by atoms with van der Waals surface area (Å²) in [5.41, 5.74) is 13.4. The molecule has 2 aromatic carbocycles. The molecule has 0 saturated heterocycles. The average molecular weight is 320 g/mol. The van der Waals surface area contributed by atoms with E-state index in [1.165, 1.54) is 4.57 Å². The van der Waals surface area contributed by atoms with Crippen LogP contribution in [-0.4, -0.2) is 16.9 Å². The van der Waals surface area contributed by atoms with Gasteiger partial charge in [-0.2, -0.15) is 5.26 Å². The van der Waals surface area contributed by atoms with Crippen LogP contribution in [0.5, 0.6) is 5.75 Å². The predicted molar refractivity (Wildman–Crippen MR) is 91.5 cm³/mol. The Bertz CT molecular complexity index is 953. The molecule has 1 heterocycles. The fourth-order valence-corrected chi connectivity index (χ4v) is 2.54. The van der Waals surface area contributed by atoms with Crippen molar-refractivity contribution < 1.29 is 9.53 Å². The molecule has 0 amide bonds. The summed E-state index contributed by atoms with van der Waals surface area (Å²) in [6.45, 7) is 0.309. The van der Waals surface area contributed by atoms with Crippen molar-refractivity contribution in [1.82, 2.24) is 4.57 Å². The molecule has 0 fully saturated rings. The minimum atomic E-state index is -0.105. The molecule has 4 N–H and O–H groups in total. The van der Waals surface area contributed by atoms with Crippen molar-refractivity contribution in [2.75, 3.05) is 12.3 Å². The minimum Gasteiger partial charge on any atom is -0.489 e. The minimum absolute atomic E-state index is 0.0156. The van der Waals surface area contributed by atoms with Gasteiger partial charge in [0.25, 0.3) is 0 Å². The first kappa shape index (κ1) is 15.6. The molecule has 0 aliphatic heterocycles. The number of aromatic nitrogens is 1. The summed E-state index contributed by atoms with van der Waals surface area (Å²) >= 11 is 0. The lowest BCUT2D eigenvalue weighted by Crippen LogP contribution is -2.13. The first-order valence-electron chi connectivity index (χ1n) is 7.38. The average Bonchev–Trinajstić information content (AvgIpc) is 2.93. The highest BCUT2D eigenvalue weighted by atomic mass is 16.5. The number of hydrogen-bond acceptors (Lipinski definition) is 5. The van der Waals surface area contributed by atoms with Crippen molar-refractivity contribution in [3.05, 3.63) is 59.7 Å². The quantitative estimate of drug-likeness (QED) is 0.701. The second-order valence-corrected chi connectivity index (χ2v) is 5.34. The molecule has 6 heteroatoms. The number of ether oxygens (including phenoxy) is 1. The molecule has 0 saturated carbocycles. The van der Waals surface area contributed by atoms with Crippen LogP contribution in [0.25, 0.3) is 10.9 Å². The number of nitrogen functional groups attached to an aromatic ring is 1. The van der Waals surface area contributed by atoms with Gasteiger partial charge in [-0.15, -0.1) is 0 Å². The third kappa shape index (κ3) is 2.93. The zero-order valence-corrected chi connectivity index (χ0v) is 12.9. The number of ketones is 1. The van der Waals surface area contributed by atoms with Gasteiger partial charge >= 0.3 is 0 Å². The molecular weight excluding hydrogens is 304 g/mol. The largest absolute Gasteiger partial charge is 0.489 e. The topological polar surface area (TPSA) is 107 Å². The van der Waals surface area contributed by atoms with Crippen LogP contribution in [0.4, 0.5) is 5.82 Å². The van der Waals surface area contributed by atoms with Gasteiger partial charge in [-0.1, -0.05) is 18.2 Å². The summed E-state index contributed by atoms with van der Waals surface area (Å²) in [5.74, 6) is 0.942. The number of anilines is 1. The number of rotatable bonds is 5. The van der Waals surface area contributed by atoms with E-state index >= 15 is 0 Å². The number of hydrogen-bond donors (Lipinski definition) is 2. The summed E-state index contributed by atoms with van der Waals surface area (Å²) in [6, 6.07) is 14.3. The zero-order valence-electron chi connectivity index (χ0n) is 12.9. The summed E-state index contributed by atoms with van der Waals surface area (Å²) in [4.78, 5) is 11.6. The number of nitrogens with two attached hydrogens (primary N) is 2. The SMILES string of the molecule is N#Cn1c(N)cc2cc(OCc3cccc(C(=O)CN)c3)ccc21. The fourth-order valence-electron chi connectivity index (χ4n) is 2.54. The Morgan fingerprint density at radius 2 is 2.04 bits per heavy atom. The second kappa shape index (κ2) is 6.44. The number of carbonyl (C=O) groups excluding carboxylic acids is 1. The number of fused-ring (bicyclic) bond motifs is 1. The van der Waals surface area contributed by atoms with Crippen LogP contribution in [0.3, 0.4) is 0 Å². The van der Waals surface area contributed by atoms with Gasteiger partial charge in [0.1, 0.15) is 18.2 Å².